The molecule has 1 unspecified atom stereocenters. The maximum atomic E-state index is 11.7. The van der Waals surface area contributed by atoms with Crippen LogP contribution in [0, 0.1) is 5.92 Å². The van der Waals surface area contributed by atoms with Gasteiger partial charge in [0, 0.05) is 19.3 Å². The lowest BCUT2D eigenvalue weighted by Crippen LogP contribution is -2.32. The Labute approximate surface area is 97.0 Å². The van der Waals surface area contributed by atoms with Gasteiger partial charge in [-0.25, -0.2) is 0 Å². The summed E-state index contributed by atoms with van der Waals surface area (Å²) in [6.07, 6.45) is 5.47. The van der Waals surface area contributed by atoms with Gasteiger partial charge < -0.3 is 5.32 Å². The molecule has 0 bridgehead atoms. The van der Waals surface area contributed by atoms with Crippen LogP contribution < -0.4 is 5.32 Å². The molecule has 0 aromatic carbocycles. The van der Waals surface area contributed by atoms with E-state index in [1.807, 2.05) is 6.92 Å². The van der Waals surface area contributed by atoms with Crippen LogP contribution in [0.2, 0.25) is 0 Å². The molecule has 1 heterocycles. The van der Waals surface area contributed by atoms with Crippen LogP contribution in [0.15, 0.2) is 12.4 Å². The molecule has 1 atom stereocenters. The van der Waals surface area contributed by atoms with E-state index < -0.39 is 0 Å². The lowest BCUT2D eigenvalue weighted by atomic mass is 10.0. The highest BCUT2D eigenvalue weighted by Gasteiger charge is 2.11. The highest BCUT2D eigenvalue weighted by Crippen LogP contribution is 2.07. The van der Waals surface area contributed by atoms with E-state index in [2.05, 4.69) is 24.3 Å². The fourth-order valence-electron chi connectivity index (χ4n) is 1.50. The Balaban J connectivity index is 2.39. The minimum atomic E-state index is -0.0376. The van der Waals surface area contributed by atoms with Crippen molar-refractivity contribution in [3.63, 3.8) is 0 Å². The number of rotatable bonds is 5. The molecule has 0 radical (unpaired) electrons. The van der Waals surface area contributed by atoms with Gasteiger partial charge in [0.25, 0.3) is 5.91 Å². The second-order valence-electron chi connectivity index (χ2n) is 4.75. The van der Waals surface area contributed by atoms with Gasteiger partial charge in [-0.15, -0.1) is 0 Å². The van der Waals surface area contributed by atoms with E-state index in [4.69, 9.17) is 0 Å². The van der Waals surface area contributed by atoms with Gasteiger partial charge in [0.2, 0.25) is 0 Å². The van der Waals surface area contributed by atoms with Crippen molar-refractivity contribution in [1.29, 1.82) is 0 Å². The average Bonchev–Trinajstić information content (AvgIpc) is 2.62. The lowest BCUT2D eigenvalue weighted by molar-refractivity contribution is 0.0937. The van der Waals surface area contributed by atoms with Gasteiger partial charge in [-0.3, -0.25) is 9.48 Å². The van der Waals surface area contributed by atoms with Gasteiger partial charge in [-0.1, -0.05) is 13.8 Å². The van der Waals surface area contributed by atoms with E-state index in [1.165, 1.54) is 0 Å². The lowest BCUT2D eigenvalue weighted by Gasteiger charge is -2.14. The Bertz CT molecular complexity index is 344. The Morgan fingerprint density at radius 1 is 1.44 bits per heavy atom. The summed E-state index contributed by atoms with van der Waals surface area (Å²) in [6.45, 7) is 6.42. The molecule has 16 heavy (non-hydrogen) atoms. The van der Waals surface area contributed by atoms with E-state index in [0.717, 1.165) is 12.8 Å². The first-order chi connectivity index (χ1) is 7.49. The van der Waals surface area contributed by atoms with Gasteiger partial charge in [0.05, 0.1) is 11.8 Å². The molecular formula is C12H21N3O. The summed E-state index contributed by atoms with van der Waals surface area (Å²) in [7, 11) is 1.80. The number of carbonyl (C=O) groups is 1. The van der Waals surface area contributed by atoms with Crippen molar-refractivity contribution < 1.29 is 4.79 Å². The zero-order valence-electron chi connectivity index (χ0n) is 10.5. The van der Waals surface area contributed by atoms with E-state index in [-0.39, 0.29) is 11.9 Å². The quantitative estimate of drug-likeness (QED) is 0.829. The van der Waals surface area contributed by atoms with Crippen LogP contribution >= 0.6 is 0 Å². The van der Waals surface area contributed by atoms with Crippen molar-refractivity contribution in [2.24, 2.45) is 13.0 Å². The fraction of sp³-hybridized carbons (Fsp3) is 0.667. The second kappa shape index (κ2) is 5.68. The van der Waals surface area contributed by atoms with Crippen LogP contribution in [-0.4, -0.2) is 21.7 Å². The smallest absolute Gasteiger partial charge is 0.254 e. The molecule has 0 saturated carbocycles. The zero-order chi connectivity index (χ0) is 12.1. The van der Waals surface area contributed by atoms with Gasteiger partial charge in [-0.05, 0) is 25.7 Å². The predicted octanol–water partition coefficient (Wildman–Crippen LogP) is 1.97. The van der Waals surface area contributed by atoms with Crippen LogP contribution in [0.1, 0.15) is 44.0 Å². The molecule has 90 valence electrons. The van der Waals surface area contributed by atoms with Crippen molar-refractivity contribution >= 4 is 5.91 Å². The van der Waals surface area contributed by atoms with E-state index in [1.54, 1.807) is 24.1 Å². The topological polar surface area (TPSA) is 46.9 Å². The number of nitrogens with one attached hydrogen (secondary N) is 1. The van der Waals surface area contributed by atoms with Crippen molar-refractivity contribution in [3.05, 3.63) is 18.0 Å². The number of carbonyl (C=O) groups excluding carboxylic acids is 1. The summed E-state index contributed by atoms with van der Waals surface area (Å²) in [5.74, 6) is 0.641. The third-order valence-electron chi connectivity index (χ3n) is 2.52. The van der Waals surface area contributed by atoms with Crippen LogP contribution in [0.3, 0.4) is 0 Å². The third kappa shape index (κ3) is 4.04. The molecule has 1 aromatic rings. The number of amides is 1. The van der Waals surface area contributed by atoms with E-state index in [9.17, 15) is 4.79 Å². The van der Waals surface area contributed by atoms with Crippen LogP contribution in [0.4, 0.5) is 0 Å². The molecular weight excluding hydrogens is 202 g/mol. The van der Waals surface area contributed by atoms with Gasteiger partial charge in [0.15, 0.2) is 0 Å². The predicted molar refractivity (Wildman–Crippen MR) is 64.2 cm³/mol. The number of hydrogen-bond acceptors (Lipinski definition) is 2. The van der Waals surface area contributed by atoms with Crippen molar-refractivity contribution in [1.82, 2.24) is 15.1 Å². The van der Waals surface area contributed by atoms with E-state index in [0.29, 0.717) is 11.5 Å². The van der Waals surface area contributed by atoms with Crippen LogP contribution in [-0.2, 0) is 7.05 Å². The second-order valence-corrected chi connectivity index (χ2v) is 4.75. The maximum absolute atomic E-state index is 11.7. The van der Waals surface area contributed by atoms with Crippen LogP contribution in [0.5, 0.6) is 0 Å². The summed E-state index contributed by atoms with van der Waals surface area (Å²) in [6, 6.07) is 0.218. The summed E-state index contributed by atoms with van der Waals surface area (Å²) in [5, 5.41) is 6.95. The number of nitrogens with zero attached hydrogens (tertiary/aromatic N) is 2. The number of aromatic nitrogens is 2. The molecule has 1 amide bonds. The highest BCUT2D eigenvalue weighted by molar-refractivity contribution is 5.93. The fourth-order valence-corrected chi connectivity index (χ4v) is 1.50. The number of aryl methyl sites for hydroxylation is 1. The molecule has 0 fully saturated rings. The molecule has 0 aliphatic heterocycles. The Hall–Kier alpha value is -1.32. The maximum Gasteiger partial charge on any atom is 0.254 e. The summed E-state index contributed by atoms with van der Waals surface area (Å²) >= 11 is 0. The van der Waals surface area contributed by atoms with Crippen LogP contribution in [0.25, 0.3) is 0 Å². The van der Waals surface area contributed by atoms with Crippen molar-refractivity contribution in [3.8, 4) is 0 Å². The number of hydrogen-bond donors (Lipinski definition) is 1. The monoisotopic (exact) mass is 223 g/mol. The standard InChI is InChI=1S/C12H21N3O/c1-9(2)5-6-10(3)14-12(16)11-7-13-15(4)8-11/h7-10H,5-6H2,1-4H3,(H,14,16). The highest BCUT2D eigenvalue weighted by atomic mass is 16.1. The minimum absolute atomic E-state index is 0.0376. The summed E-state index contributed by atoms with van der Waals surface area (Å²) < 4.78 is 1.63. The third-order valence-corrected chi connectivity index (χ3v) is 2.52. The Morgan fingerprint density at radius 2 is 2.12 bits per heavy atom. The van der Waals surface area contributed by atoms with Gasteiger partial charge >= 0.3 is 0 Å². The molecule has 1 N–H and O–H groups in total. The molecule has 4 heteroatoms. The molecule has 1 aromatic heterocycles. The van der Waals surface area contributed by atoms with Gasteiger partial charge in [0.1, 0.15) is 0 Å². The first-order valence-corrected chi connectivity index (χ1v) is 5.78. The molecule has 0 spiro atoms. The molecule has 4 nitrogen and oxygen atoms in total. The average molecular weight is 223 g/mol. The molecule has 0 saturated heterocycles. The zero-order valence-corrected chi connectivity index (χ0v) is 10.5. The summed E-state index contributed by atoms with van der Waals surface area (Å²) in [5.41, 5.74) is 0.624. The first-order valence-electron chi connectivity index (χ1n) is 5.78. The Morgan fingerprint density at radius 3 is 2.62 bits per heavy atom. The van der Waals surface area contributed by atoms with Crippen molar-refractivity contribution in [2.45, 2.75) is 39.7 Å². The summed E-state index contributed by atoms with van der Waals surface area (Å²) in [4.78, 5) is 11.7. The molecule has 0 aliphatic carbocycles. The Kier molecular flexibility index (Phi) is 4.52. The minimum Gasteiger partial charge on any atom is -0.349 e. The van der Waals surface area contributed by atoms with E-state index >= 15 is 0 Å². The molecule has 0 aliphatic rings. The largest absolute Gasteiger partial charge is 0.349 e. The first kappa shape index (κ1) is 12.7. The molecule has 1 rings (SSSR count). The SMILES string of the molecule is CC(C)CCC(C)NC(=O)c1cnn(C)c1. The van der Waals surface area contributed by atoms with Gasteiger partial charge in [-0.2, -0.15) is 5.10 Å². The normalized spacial score (nSPS) is 12.8. The van der Waals surface area contributed by atoms with Crippen molar-refractivity contribution in [2.75, 3.05) is 0 Å².